The lowest BCUT2D eigenvalue weighted by atomic mass is 10.2. The van der Waals surface area contributed by atoms with E-state index >= 15 is 0 Å². The standard InChI is InChI=1S/C18H12N4/c19-11-17(21-13-15-7-3-1-4-8-15)18(12-20)22-14-16-9-5-2-6-10-16/h1-10,13-14H/b18-17-,21-13?,22-14?. The van der Waals surface area contributed by atoms with Gasteiger partial charge in [0.1, 0.15) is 12.1 Å². The number of hydrogen-bond donors (Lipinski definition) is 0. The van der Waals surface area contributed by atoms with Gasteiger partial charge in [0.25, 0.3) is 0 Å². The molecule has 0 heterocycles. The summed E-state index contributed by atoms with van der Waals surface area (Å²) in [6, 6.07) is 22.5. The van der Waals surface area contributed by atoms with Crippen LogP contribution < -0.4 is 0 Å². The molecule has 0 bridgehead atoms. The molecule has 0 saturated heterocycles. The quantitative estimate of drug-likeness (QED) is 0.636. The van der Waals surface area contributed by atoms with Crippen molar-refractivity contribution in [1.29, 1.82) is 10.5 Å². The Balaban J connectivity index is 2.27. The zero-order valence-corrected chi connectivity index (χ0v) is 11.7. The average molecular weight is 284 g/mol. The van der Waals surface area contributed by atoms with E-state index in [0.717, 1.165) is 11.1 Å². The molecule has 0 N–H and O–H groups in total. The highest BCUT2D eigenvalue weighted by Gasteiger charge is 2.02. The van der Waals surface area contributed by atoms with Crippen LogP contribution in [0.2, 0.25) is 0 Å². The van der Waals surface area contributed by atoms with E-state index in [-0.39, 0.29) is 11.4 Å². The fourth-order valence-electron chi connectivity index (χ4n) is 1.64. The van der Waals surface area contributed by atoms with Crippen molar-refractivity contribution >= 4 is 12.4 Å². The Bertz CT molecular complexity index is 719. The van der Waals surface area contributed by atoms with Crippen LogP contribution in [0.15, 0.2) is 82.0 Å². The van der Waals surface area contributed by atoms with Gasteiger partial charge in [0.15, 0.2) is 11.4 Å². The number of benzene rings is 2. The number of rotatable bonds is 4. The smallest absolute Gasteiger partial charge is 0.176 e. The molecule has 0 spiro atoms. The molecular weight excluding hydrogens is 272 g/mol. The first-order valence-electron chi connectivity index (χ1n) is 6.56. The van der Waals surface area contributed by atoms with Gasteiger partial charge in [-0.1, -0.05) is 60.7 Å². The molecule has 0 radical (unpaired) electrons. The van der Waals surface area contributed by atoms with Crippen LogP contribution in [0.3, 0.4) is 0 Å². The number of allylic oxidation sites excluding steroid dienone is 2. The molecule has 0 aliphatic carbocycles. The first kappa shape index (κ1) is 14.9. The number of hydrogen-bond acceptors (Lipinski definition) is 4. The van der Waals surface area contributed by atoms with Crippen molar-refractivity contribution in [2.24, 2.45) is 9.98 Å². The summed E-state index contributed by atoms with van der Waals surface area (Å²) in [5.74, 6) is 0. The van der Waals surface area contributed by atoms with Crippen LogP contribution in [-0.2, 0) is 0 Å². The molecule has 2 aromatic rings. The molecular formula is C18H12N4. The lowest BCUT2D eigenvalue weighted by molar-refractivity contribution is 1.27. The van der Waals surface area contributed by atoms with E-state index in [4.69, 9.17) is 10.5 Å². The largest absolute Gasteiger partial charge is 0.242 e. The maximum absolute atomic E-state index is 9.16. The van der Waals surface area contributed by atoms with Crippen molar-refractivity contribution in [3.8, 4) is 12.1 Å². The molecule has 0 saturated carbocycles. The molecule has 0 fully saturated rings. The van der Waals surface area contributed by atoms with Crippen LogP contribution in [0.5, 0.6) is 0 Å². The normalized spacial score (nSPS) is 11.9. The van der Waals surface area contributed by atoms with E-state index in [0.29, 0.717) is 0 Å². The second-order valence-corrected chi connectivity index (χ2v) is 4.26. The molecule has 2 rings (SSSR count). The third-order valence-corrected chi connectivity index (χ3v) is 2.72. The predicted molar refractivity (Wildman–Crippen MR) is 86.3 cm³/mol. The van der Waals surface area contributed by atoms with Gasteiger partial charge in [0.05, 0.1) is 0 Å². The predicted octanol–water partition coefficient (Wildman–Crippen LogP) is 3.48. The van der Waals surface area contributed by atoms with E-state index in [1.807, 2.05) is 72.8 Å². The summed E-state index contributed by atoms with van der Waals surface area (Å²) in [4.78, 5) is 8.11. The third kappa shape index (κ3) is 4.26. The summed E-state index contributed by atoms with van der Waals surface area (Å²) in [6.45, 7) is 0. The molecule has 4 nitrogen and oxygen atoms in total. The van der Waals surface area contributed by atoms with Crippen molar-refractivity contribution < 1.29 is 0 Å². The van der Waals surface area contributed by atoms with Crippen molar-refractivity contribution in [3.63, 3.8) is 0 Å². The van der Waals surface area contributed by atoms with Gasteiger partial charge < -0.3 is 0 Å². The summed E-state index contributed by atoms with van der Waals surface area (Å²) >= 11 is 0. The van der Waals surface area contributed by atoms with E-state index in [2.05, 4.69) is 9.98 Å². The molecule has 104 valence electrons. The van der Waals surface area contributed by atoms with Crippen LogP contribution in [0.4, 0.5) is 0 Å². The fourth-order valence-corrected chi connectivity index (χ4v) is 1.64. The van der Waals surface area contributed by atoms with Gasteiger partial charge in [0.2, 0.25) is 0 Å². The molecule has 0 aliphatic heterocycles. The Morgan fingerprint density at radius 1 is 0.682 bits per heavy atom. The molecule has 0 atom stereocenters. The third-order valence-electron chi connectivity index (χ3n) is 2.72. The summed E-state index contributed by atoms with van der Waals surface area (Å²) in [6.07, 6.45) is 3.07. The Labute approximate surface area is 129 Å². The maximum Gasteiger partial charge on any atom is 0.176 e. The molecule has 2 aromatic carbocycles. The second-order valence-electron chi connectivity index (χ2n) is 4.26. The highest BCUT2D eigenvalue weighted by Crippen LogP contribution is 2.07. The van der Waals surface area contributed by atoms with E-state index in [1.54, 1.807) is 0 Å². The minimum Gasteiger partial charge on any atom is -0.242 e. The molecule has 22 heavy (non-hydrogen) atoms. The zero-order valence-electron chi connectivity index (χ0n) is 11.7. The Hall–Kier alpha value is -3.50. The van der Waals surface area contributed by atoms with Crippen LogP contribution in [0.1, 0.15) is 11.1 Å². The fraction of sp³-hybridized carbons (Fsp3) is 0. The number of nitrogens with zero attached hydrogens (tertiary/aromatic N) is 4. The minimum atomic E-state index is -0.0152. The van der Waals surface area contributed by atoms with Gasteiger partial charge in [-0.25, -0.2) is 9.98 Å². The van der Waals surface area contributed by atoms with Gasteiger partial charge in [-0.05, 0) is 11.1 Å². The average Bonchev–Trinajstić information content (AvgIpc) is 2.59. The van der Waals surface area contributed by atoms with Gasteiger partial charge in [-0.2, -0.15) is 10.5 Å². The van der Waals surface area contributed by atoms with E-state index < -0.39 is 0 Å². The highest BCUT2D eigenvalue weighted by atomic mass is 14.8. The second kappa shape index (κ2) is 7.94. The summed E-state index contributed by atoms with van der Waals surface area (Å²) in [5.41, 5.74) is 1.66. The van der Waals surface area contributed by atoms with Crippen LogP contribution in [0.25, 0.3) is 0 Å². The van der Waals surface area contributed by atoms with Crippen LogP contribution in [0, 0.1) is 22.7 Å². The first-order valence-corrected chi connectivity index (χ1v) is 6.56. The summed E-state index contributed by atoms with van der Waals surface area (Å²) in [5, 5.41) is 18.3. The van der Waals surface area contributed by atoms with Crippen molar-refractivity contribution in [1.82, 2.24) is 0 Å². The lowest BCUT2D eigenvalue weighted by Crippen LogP contribution is -1.87. The van der Waals surface area contributed by atoms with Crippen molar-refractivity contribution in [3.05, 3.63) is 83.2 Å². The number of aliphatic imine (C=N–C) groups is 2. The Morgan fingerprint density at radius 3 is 1.36 bits per heavy atom. The van der Waals surface area contributed by atoms with E-state index in [1.165, 1.54) is 12.4 Å². The minimum absolute atomic E-state index is 0.0152. The lowest BCUT2D eigenvalue weighted by Gasteiger charge is -1.94. The van der Waals surface area contributed by atoms with Gasteiger partial charge in [-0.3, -0.25) is 0 Å². The highest BCUT2D eigenvalue weighted by molar-refractivity contribution is 5.82. The number of nitriles is 2. The Kier molecular flexibility index (Phi) is 5.38. The molecule has 0 aromatic heterocycles. The van der Waals surface area contributed by atoms with E-state index in [9.17, 15) is 0 Å². The molecule has 4 heteroatoms. The van der Waals surface area contributed by atoms with Gasteiger partial charge in [-0.15, -0.1) is 0 Å². The first-order chi connectivity index (χ1) is 10.8. The summed E-state index contributed by atoms with van der Waals surface area (Å²) < 4.78 is 0. The van der Waals surface area contributed by atoms with Crippen LogP contribution >= 0.6 is 0 Å². The monoisotopic (exact) mass is 284 g/mol. The molecule has 0 unspecified atom stereocenters. The topological polar surface area (TPSA) is 72.3 Å². The van der Waals surface area contributed by atoms with Crippen molar-refractivity contribution in [2.45, 2.75) is 0 Å². The van der Waals surface area contributed by atoms with Crippen molar-refractivity contribution in [2.75, 3.05) is 0 Å². The summed E-state index contributed by atoms with van der Waals surface area (Å²) in [7, 11) is 0. The maximum atomic E-state index is 9.16. The molecule has 0 amide bonds. The Morgan fingerprint density at radius 2 is 1.05 bits per heavy atom. The molecule has 0 aliphatic rings. The van der Waals surface area contributed by atoms with Gasteiger partial charge in [0, 0.05) is 12.4 Å². The van der Waals surface area contributed by atoms with Gasteiger partial charge >= 0.3 is 0 Å². The zero-order chi connectivity index (χ0) is 15.6. The SMILES string of the molecule is N#C/C(N=Cc1ccccc1)=C(\C#N)N=Cc1ccccc1. The van der Waals surface area contributed by atoms with Crippen LogP contribution in [-0.4, -0.2) is 12.4 Å².